The van der Waals surface area contributed by atoms with Crippen molar-refractivity contribution >= 4 is 7.82 Å². The predicted molar refractivity (Wildman–Crippen MR) is 49.8 cm³/mol. The summed E-state index contributed by atoms with van der Waals surface area (Å²) >= 11 is 0. The number of hydrogen-bond donors (Lipinski definition) is 1. The van der Waals surface area contributed by atoms with E-state index < -0.39 is 14.1 Å². The van der Waals surface area contributed by atoms with E-state index in [4.69, 9.17) is 14.4 Å². The van der Waals surface area contributed by atoms with E-state index in [1.54, 1.807) is 13.8 Å². The first kappa shape index (κ1) is 14.0. The molecule has 0 aromatic carbocycles. The fourth-order valence-electron chi connectivity index (χ4n) is 0.724. The normalized spacial score (nSPS) is 15.8. The summed E-state index contributed by atoms with van der Waals surface area (Å²) in [5.74, 6) is 0. The second-order valence-electron chi connectivity index (χ2n) is 2.29. The molecule has 0 amide bonds. The Bertz CT molecular complexity index is 179. The summed E-state index contributed by atoms with van der Waals surface area (Å²) in [5, 5.41) is 0. The van der Waals surface area contributed by atoms with Crippen molar-refractivity contribution in [2.24, 2.45) is 0 Å². The minimum Gasteiger partial charge on any atom is -0.351 e. The molecule has 0 spiro atoms. The van der Waals surface area contributed by atoms with E-state index in [0.29, 0.717) is 13.2 Å². The van der Waals surface area contributed by atoms with Crippen LogP contribution in [0.3, 0.4) is 0 Å². The average Bonchev–Trinajstić information content (AvgIpc) is 2.15. The summed E-state index contributed by atoms with van der Waals surface area (Å²) in [6, 6.07) is 0. The van der Waals surface area contributed by atoms with Crippen LogP contribution in [0.5, 0.6) is 0 Å². The van der Waals surface area contributed by atoms with E-state index in [9.17, 15) is 4.57 Å². The molecule has 0 heterocycles. The molecule has 0 aliphatic carbocycles. The summed E-state index contributed by atoms with van der Waals surface area (Å²) in [7, 11) is -2.84. The predicted octanol–water partition coefficient (Wildman–Crippen LogP) is 1.15. The van der Waals surface area contributed by atoms with E-state index in [2.05, 4.69) is 9.05 Å². The molecular weight excluding hydrogens is 211 g/mol. The van der Waals surface area contributed by atoms with Gasteiger partial charge in [-0.1, -0.05) is 0 Å². The summed E-state index contributed by atoms with van der Waals surface area (Å²) in [5.41, 5.74) is 0. The maximum Gasteiger partial charge on any atom is 0.472 e. The van der Waals surface area contributed by atoms with E-state index in [1.807, 2.05) is 0 Å². The maximum absolute atomic E-state index is 10.9. The lowest BCUT2D eigenvalue weighted by molar-refractivity contribution is -0.155. The maximum atomic E-state index is 10.9. The minimum absolute atomic E-state index is 0.136. The molecule has 0 rings (SSSR count). The first-order chi connectivity index (χ1) is 6.55. The monoisotopic (exact) mass is 228 g/mol. The second-order valence-corrected chi connectivity index (χ2v) is 3.85. The van der Waals surface area contributed by atoms with Crippen molar-refractivity contribution in [1.82, 2.24) is 0 Å². The average molecular weight is 228 g/mol. The third-order valence-corrected chi connectivity index (χ3v) is 2.25. The van der Waals surface area contributed by atoms with Crippen molar-refractivity contribution in [2.75, 3.05) is 26.9 Å². The quantitative estimate of drug-likeness (QED) is 0.496. The molecule has 86 valence electrons. The summed E-state index contributed by atoms with van der Waals surface area (Å²) < 4.78 is 29.9. The summed E-state index contributed by atoms with van der Waals surface area (Å²) in [6.07, 6.45) is -0.638. The van der Waals surface area contributed by atoms with Crippen molar-refractivity contribution in [3.8, 4) is 0 Å². The topological polar surface area (TPSA) is 74.2 Å². The smallest absolute Gasteiger partial charge is 0.351 e. The van der Waals surface area contributed by atoms with Crippen LogP contribution < -0.4 is 0 Å². The highest BCUT2D eigenvalue weighted by Crippen LogP contribution is 2.41. The summed E-state index contributed by atoms with van der Waals surface area (Å²) in [6.45, 7) is 4.33. The molecule has 1 N–H and O–H groups in total. The van der Waals surface area contributed by atoms with Gasteiger partial charge in [-0.05, 0) is 13.8 Å². The first-order valence-corrected chi connectivity index (χ1v) is 5.81. The zero-order chi connectivity index (χ0) is 11.0. The van der Waals surface area contributed by atoms with Crippen LogP contribution in [0, 0.1) is 0 Å². The molecule has 0 bridgehead atoms. The Balaban J connectivity index is 3.86. The molecule has 0 saturated heterocycles. The number of phosphoric acid groups is 1. The molecule has 0 saturated carbocycles. The number of phosphoric ester groups is 1. The number of hydrogen-bond acceptors (Lipinski definition) is 5. The Kier molecular flexibility index (Phi) is 7.35. The zero-order valence-corrected chi connectivity index (χ0v) is 9.53. The van der Waals surface area contributed by atoms with Crippen LogP contribution in [0.4, 0.5) is 0 Å². The lowest BCUT2D eigenvalue weighted by Gasteiger charge is -2.17. The van der Waals surface area contributed by atoms with E-state index in [0.717, 1.165) is 7.11 Å². The van der Waals surface area contributed by atoms with Gasteiger partial charge in [0.15, 0.2) is 6.29 Å². The highest BCUT2D eigenvalue weighted by atomic mass is 31.2. The van der Waals surface area contributed by atoms with Gasteiger partial charge in [-0.3, -0.25) is 9.05 Å². The fraction of sp³-hybridized carbons (Fsp3) is 1.00. The van der Waals surface area contributed by atoms with Gasteiger partial charge in [-0.15, -0.1) is 0 Å². The fourth-order valence-corrected chi connectivity index (χ4v) is 1.14. The molecule has 1 unspecified atom stereocenters. The Hall–Kier alpha value is 0.0300. The van der Waals surface area contributed by atoms with Gasteiger partial charge in [0.25, 0.3) is 0 Å². The molecule has 0 fully saturated rings. The molecule has 0 aliphatic heterocycles. The van der Waals surface area contributed by atoms with Crippen molar-refractivity contribution in [2.45, 2.75) is 20.1 Å². The lowest BCUT2D eigenvalue weighted by Crippen LogP contribution is -2.23. The molecular formula is C7H17O6P. The van der Waals surface area contributed by atoms with Gasteiger partial charge in [-0.2, -0.15) is 0 Å². The van der Waals surface area contributed by atoms with Crippen LogP contribution in [0.15, 0.2) is 0 Å². The van der Waals surface area contributed by atoms with Gasteiger partial charge in [-0.25, -0.2) is 4.57 Å². The molecule has 0 radical (unpaired) electrons. The van der Waals surface area contributed by atoms with Crippen molar-refractivity contribution in [1.29, 1.82) is 0 Å². The lowest BCUT2D eigenvalue weighted by atomic mass is 10.6. The van der Waals surface area contributed by atoms with Crippen LogP contribution in [-0.4, -0.2) is 38.1 Å². The minimum atomic E-state index is -3.93. The third kappa shape index (κ3) is 6.48. The molecule has 0 aliphatic rings. The van der Waals surface area contributed by atoms with Crippen LogP contribution in [0.25, 0.3) is 0 Å². The van der Waals surface area contributed by atoms with Crippen molar-refractivity contribution in [3.63, 3.8) is 0 Å². The van der Waals surface area contributed by atoms with Crippen LogP contribution in [0.2, 0.25) is 0 Å². The SMILES string of the molecule is CCOC(COP(=O)(O)OC)OCC. The molecule has 7 heteroatoms. The van der Waals surface area contributed by atoms with Gasteiger partial charge in [0.2, 0.25) is 0 Å². The van der Waals surface area contributed by atoms with Gasteiger partial charge in [0, 0.05) is 20.3 Å². The van der Waals surface area contributed by atoms with Crippen molar-refractivity contribution < 1.29 is 28.0 Å². The van der Waals surface area contributed by atoms with E-state index >= 15 is 0 Å². The zero-order valence-electron chi connectivity index (χ0n) is 8.63. The van der Waals surface area contributed by atoms with Crippen molar-refractivity contribution in [3.05, 3.63) is 0 Å². The Morgan fingerprint density at radius 3 is 2.14 bits per heavy atom. The standard InChI is InChI=1S/C7H17O6P/c1-4-11-7(12-5-2)6-13-14(8,9)10-3/h7H,4-6H2,1-3H3,(H,8,9). The van der Waals surface area contributed by atoms with E-state index in [1.165, 1.54) is 0 Å². The largest absolute Gasteiger partial charge is 0.472 e. The molecule has 0 aromatic rings. The molecule has 0 aromatic heterocycles. The van der Waals surface area contributed by atoms with Gasteiger partial charge in [0.05, 0.1) is 0 Å². The third-order valence-electron chi connectivity index (χ3n) is 1.31. The van der Waals surface area contributed by atoms with Crippen LogP contribution in [-0.2, 0) is 23.1 Å². The number of rotatable bonds is 8. The number of ether oxygens (including phenoxy) is 2. The molecule has 14 heavy (non-hydrogen) atoms. The highest BCUT2D eigenvalue weighted by Gasteiger charge is 2.21. The van der Waals surface area contributed by atoms with Gasteiger partial charge in [0.1, 0.15) is 6.61 Å². The summed E-state index contributed by atoms with van der Waals surface area (Å²) in [4.78, 5) is 8.91. The van der Waals surface area contributed by atoms with Crippen LogP contribution in [0.1, 0.15) is 13.8 Å². The Labute approximate surface area is 83.7 Å². The molecule has 1 atom stereocenters. The Morgan fingerprint density at radius 2 is 1.79 bits per heavy atom. The van der Waals surface area contributed by atoms with Gasteiger partial charge < -0.3 is 14.4 Å². The van der Waals surface area contributed by atoms with Gasteiger partial charge >= 0.3 is 7.82 Å². The van der Waals surface area contributed by atoms with E-state index in [-0.39, 0.29) is 6.61 Å². The Morgan fingerprint density at radius 1 is 1.29 bits per heavy atom. The molecule has 6 nitrogen and oxygen atoms in total. The van der Waals surface area contributed by atoms with Crippen LogP contribution >= 0.6 is 7.82 Å². The first-order valence-electron chi connectivity index (χ1n) is 4.32. The highest BCUT2D eigenvalue weighted by molar-refractivity contribution is 7.47. The second kappa shape index (κ2) is 7.34.